The van der Waals surface area contributed by atoms with E-state index in [1.54, 1.807) is 11.8 Å². The van der Waals surface area contributed by atoms with Crippen LogP contribution in [-0.2, 0) is 9.53 Å². The van der Waals surface area contributed by atoms with Crippen LogP contribution in [0.1, 0.15) is 66.9 Å². The van der Waals surface area contributed by atoms with Gasteiger partial charge in [-0.3, -0.25) is 9.69 Å². The summed E-state index contributed by atoms with van der Waals surface area (Å²) in [6, 6.07) is 8.96. The van der Waals surface area contributed by atoms with Crippen LogP contribution in [0.3, 0.4) is 0 Å². The minimum absolute atomic E-state index is 0.0885. The van der Waals surface area contributed by atoms with Crippen LogP contribution in [0.2, 0.25) is 0 Å². The largest absolute Gasteiger partial charge is 0.482 e. The molecule has 0 bridgehead atoms. The second-order valence-electron chi connectivity index (χ2n) is 10.4. The van der Waals surface area contributed by atoms with Crippen molar-refractivity contribution >= 4 is 17.4 Å². The zero-order valence-corrected chi connectivity index (χ0v) is 21.3. The molecule has 0 spiro atoms. The molecule has 0 radical (unpaired) electrons. The predicted molar refractivity (Wildman–Crippen MR) is 139 cm³/mol. The highest BCUT2D eigenvalue weighted by Gasteiger charge is 2.41. The fraction of sp³-hybridized carbons (Fsp3) is 0.483. The van der Waals surface area contributed by atoms with Gasteiger partial charge in [0.1, 0.15) is 18.0 Å². The number of nitriles is 1. The van der Waals surface area contributed by atoms with Gasteiger partial charge in [0.25, 0.3) is 5.91 Å². The first kappa shape index (κ1) is 23.8. The number of hydrogen-bond donors (Lipinski definition) is 1. The maximum Gasteiger partial charge on any atom is 0.298 e. The van der Waals surface area contributed by atoms with E-state index in [0.717, 1.165) is 74.9 Å². The van der Waals surface area contributed by atoms with Gasteiger partial charge in [0.05, 0.1) is 11.3 Å². The first-order chi connectivity index (χ1) is 18.1. The van der Waals surface area contributed by atoms with Crippen molar-refractivity contribution in [3.63, 3.8) is 0 Å². The highest BCUT2D eigenvalue weighted by atomic mass is 16.5. The van der Waals surface area contributed by atoms with E-state index in [9.17, 15) is 10.1 Å². The standard InChI is InChI=1S/C29H31N5O3/c1-3-4-26(35)34-16-23(17-34)33-14-22(15-33)20-11-21(13-30)28-25(12-20)32-29-27(18(2)37-28)24(5-8-31-29)19-6-9-36-10-7-19/h5,8,11-12,18-19,22-23H,6-7,9-10,14-17H2,1-2H3,(H,31,32)/t18-/m1/s1. The molecule has 0 saturated carbocycles. The third kappa shape index (κ3) is 4.31. The lowest BCUT2D eigenvalue weighted by Gasteiger charge is -2.51. The normalized spacial score (nSPS) is 22.0. The molecule has 3 fully saturated rings. The van der Waals surface area contributed by atoms with Gasteiger partial charge in [0.15, 0.2) is 5.75 Å². The van der Waals surface area contributed by atoms with Crippen LogP contribution >= 0.6 is 0 Å². The third-order valence-electron chi connectivity index (χ3n) is 8.15. The van der Waals surface area contributed by atoms with Gasteiger partial charge in [0.2, 0.25) is 0 Å². The Kier molecular flexibility index (Phi) is 6.24. The van der Waals surface area contributed by atoms with Crippen molar-refractivity contribution in [2.24, 2.45) is 0 Å². The Hall–Kier alpha value is -3.59. The van der Waals surface area contributed by atoms with Crippen molar-refractivity contribution in [2.45, 2.75) is 50.7 Å². The van der Waals surface area contributed by atoms with Gasteiger partial charge in [-0.2, -0.15) is 5.26 Å². The SMILES string of the molecule is CC#CC(=O)N1CC(N2CC(c3cc(C#N)c4c(c3)Nc3nccc(C5CCOCC5)c3[C@@H](C)O4)C2)C1. The molecule has 0 unspecified atom stereocenters. The predicted octanol–water partition coefficient (Wildman–Crippen LogP) is 3.68. The van der Waals surface area contributed by atoms with Crippen LogP contribution in [0.5, 0.6) is 5.75 Å². The monoisotopic (exact) mass is 497 g/mol. The molecular formula is C29H31N5O3. The Bertz CT molecular complexity index is 1320. The summed E-state index contributed by atoms with van der Waals surface area (Å²) >= 11 is 0. The molecule has 1 amide bonds. The summed E-state index contributed by atoms with van der Waals surface area (Å²) in [5.41, 5.74) is 4.80. The number of fused-ring (bicyclic) bond motifs is 2. The number of carbonyl (C=O) groups excluding carboxylic acids is 1. The van der Waals surface area contributed by atoms with E-state index in [-0.39, 0.29) is 12.0 Å². The van der Waals surface area contributed by atoms with Crippen LogP contribution < -0.4 is 10.1 Å². The topological polar surface area (TPSA) is 90.7 Å². The van der Waals surface area contributed by atoms with Crippen LogP contribution in [0.25, 0.3) is 0 Å². The first-order valence-electron chi connectivity index (χ1n) is 13.1. The quantitative estimate of drug-likeness (QED) is 0.647. The molecule has 2 aromatic rings. The van der Waals surface area contributed by atoms with Gasteiger partial charge in [-0.25, -0.2) is 4.98 Å². The minimum atomic E-state index is -0.228. The summed E-state index contributed by atoms with van der Waals surface area (Å²) in [7, 11) is 0. The van der Waals surface area contributed by atoms with Crippen LogP contribution in [0, 0.1) is 23.2 Å². The molecule has 4 aliphatic rings. The lowest BCUT2D eigenvalue weighted by molar-refractivity contribution is -0.133. The lowest BCUT2D eigenvalue weighted by atomic mass is 9.87. The lowest BCUT2D eigenvalue weighted by Crippen LogP contribution is -2.65. The summed E-state index contributed by atoms with van der Waals surface area (Å²) in [6.07, 6.45) is 3.61. The number of pyridine rings is 1. The number of aromatic nitrogens is 1. The molecule has 0 aliphatic carbocycles. The summed E-state index contributed by atoms with van der Waals surface area (Å²) in [6.45, 7) is 8.56. The van der Waals surface area contributed by atoms with Gasteiger partial charge in [-0.15, -0.1) is 0 Å². The summed E-state index contributed by atoms with van der Waals surface area (Å²) in [5, 5.41) is 13.5. The summed E-state index contributed by atoms with van der Waals surface area (Å²) in [5.74, 6) is 7.35. The van der Waals surface area contributed by atoms with Gasteiger partial charge in [-0.1, -0.05) is 5.92 Å². The minimum Gasteiger partial charge on any atom is -0.482 e. The second-order valence-corrected chi connectivity index (χ2v) is 10.4. The molecule has 190 valence electrons. The fourth-order valence-corrected chi connectivity index (χ4v) is 5.99. The van der Waals surface area contributed by atoms with Crippen LogP contribution in [0.15, 0.2) is 24.4 Å². The van der Waals surface area contributed by atoms with E-state index >= 15 is 0 Å². The maximum atomic E-state index is 11.9. The third-order valence-corrected chi connectivity index (χ3v) is 8.15. The van der Waals surface area contributed by atoms with Crippen LogP contribution in [0.4, 0.5) is 11.5 Å². The molecule has 4 aliphatic heterocycles. The van der Waals surface area contributed by atoms with Gasteiger partial charge in [0, 0.05) is 63.1 Å². The van der Waals surface area contributed by atoms with E-state index in [0.29, 0.717) is 29.2 Å². The molecule has 5 heterocycles. The van der Waals surface area contributed by atoms with Crippen molar-refractivity contribution in [1.82, 2.24) is 14.8 Å². The molecule has 1 atom stereocenters. The number of hydrogen-bond acceptors (Lipinski definition) is 7. The van der Waals surface area contributed by atoms with Crippen LogP contribution in [-0.4, -0.2) is 66.1 Å². The number of nitrogens with one attached hydrogen (secondary N) is 1. The Balaban J connectivity index is 1.21. The molecule has 1 N–H and O–H groups in total. The van der Waals surface area contributed by atoms with E-state index in [1.165, 1.54) is 5.56 Å². The smallest absolute Gasteiger partial charge is 0.298 e. The van der Waals surface area contributed by atoms with E-state index in [2.05, 4.69) is 45.2 Å². The molecule has 3 saturated heterocycles. The number of ether oxygens (including phenoxy) is 2. The second kappa shape index (κ2) is 9.70. The summed E-state index contributed by atoms with van der Waals surface area (Å²) in [4.78, 5) is 20.8. The molecule has 8 nitrogen and oxygen atoms in total. The maximum absolute atomic E-state index is 11.9. The zero-order valence-electron chi connectivity index (χ0n) is 21.3. The van der Waals surface area contributed by atoms with Crippen molar-refractivity contribution in [3.8, 4) is 23.7 Å². The number of rotatable bonds is 3. The molecule has 6 rings (SSSR count). The highest BCUT2D eigenvalue weighted by Crippen LogP contribution is 2.45. The van der Waals surface area contributed by atoms with E-state index in [1.807, 2.05) is 19.2 Å². The molecular weight excluding hydrogens is 466 g/mol. The highest BCUT2D eigenvalue weighted by molar-refractivity contribution is 5.94. The summed E-state index contributed by atoms with van der Waals surface area (Å²) < 4.78 is 12.0. The van der Waals surface area contributed by atoms with Gasteiger partial charge < -0.3 is 19.7 Å². The zero-order chi connectivity index (χ0) is 25.5. The van der Waals surface area contributed by atoms with Crippen molar-refractivity contribution in [3.05, 3.63) is 46.6 Å². The Morgan fingerprint density at radius 3 is 2.68 bits per heavy atom. The fourth-order valence-electron chi connectivity index (χ4n) is 5.99. The Morgan fingerprint density at radius 2 is 1.95 bits per heavy atom. The van der Waals surface area contributed by atoms with Crippen molar-refractivity contribution in [1.29, 1.82) is 5.26 Å². The number of carbonyl (C=O) groups is 1. The average Bonchev–Trinajstić information content (AvgIpc) is 3.00. The molecule has 8 heteroatoms. The molecule has 1 aromatic heterocycles. The first-order valence-corrected chi connectivity index (χ1v) is 13.1. The Labute approximate surface area is 217 Å². The number of anilines is 2. The number of benzene rings is 1. The van der Waals surface area contributed by atoms with E-state index < -0.39 is 0 Å². The number of nitrogens with zero attached hydrogens (tertiary/aromatic N) is 4. The molecule has 37 heavy (non-hydrogen) atoms. The van der Waals surface area contributed by atoms with Gasteiger partial charge >= 0.3 is 0 Å². The average molecular weight is 498 g/mol. The molecule has 1 aromatic carbocycles. The Morgan fingerprint density at radius 1 is 1.16 bits per heavy atom. The van der Waals surface area contributed by atoms with Gasteiger partial charge in [-0.05, 0) is 67.9 Å². The van der Waals surface area contributed by atoms with Crippen molar-refractivity contribution < 1.29 is 14.3 Å². The number of amides is 1. The van der Waals surface area contributed by atoms with E-state index in [4.69, 9.17) is 9.47 Å². The number of likely N-dealkylation sites (tertiary alicyclic amines) is 2. The van der Waals surface area contributed by atoms with Crippen molar-refractivity contribution in [2.75, 3.05) is 44.7 Å².